The van der Waals surface area contributed by atoms with E-state index in [1.165, 1.54) is 140 Å². The third-order valence-corrected chi connectivity index (χ3v) is 10.2. The predicted molar refractivity (Wildman–Crippen MR) is 250 cm³/mol. The van der Waals surface area contributed by atoms with Crippen LogP contribution in [0, 0.1) is 13.8 Å². The Labute approximate surface area is 336 Å². The first kappa shape index (κ1) is 50.2. The number of nitrogen functional groups attached to an aromatic ring is 1. The highest BCUT2D eigenvalue weighted by atomic mass is 32.2. The van der Waals surface area contributed by atoms with E-state index in [2.05, 4.69) is 135 Å². The second-order valence-corrected chi connectivity index (χ2v) is 14.3. The topological polar surface area (TPSA) is 83.1 Å². The number of hydrogen-bond donors (Lipinski definition) is 5. The summed E-state index contributed by atoms with van der Waals surface area (Å²) in [5.74, 6) is 2.23. The number of allylic oxidation sites excluding steroid dienone is 6. The van der Waals surface area contributed by atoms with Crippen LogP contribution in [0.1, 0.15) is 121 Å². The minimum absolute atomic E-state index is 0.833. The summed E-state index contributed by atoms with van der Waals surface area (Å²) in [7, 11) is 1.50. The highest BCUT2D eigenvalue weighted by Crippen LogP contribution is 2.27. The Kier molecular flexibility index (Phi) is 30.8. The molecule has 0 unspecified atom stereocenters. The van der Waals surface area contributed by atoms with E-state index in [1.807, 2.05) is 31.9 Å². The molecule has 1 aliphatic carbocycles. The summed E-state index contributed by atoms with van der Waals surface area (Å²) in [4.78, 5) is 6.15. The van der Waals surface area contributed by atoms with Crippen molar-refractivity contribution in [1.29, 1.82) is 0 Å². The largest absolute Gasteiger partial charge is 0.399 e. The molecule has 2 heterocycles. The fraction of sp³-hybridized carbons (Fsp3) is 0.522. The Hall–Kier alpha value is -2.84. The summed E-state index contributed by atoms with van der Waals surface area (Å²) in [6.07, 6.45) is 22.8. The molecule has 0 bridgehead atoms. The van der Waals surface area contributed by atoms with Crippen molar-refractivity contribution in [3.8, 4) is 0 Å². The summed E-state index contributed by atoms with van der Waals surface area (Å²) in [6, 6.07) is 12.8. The van der Waals surface area contributed by atoms with Crippen LogP contribution in [0.2, 0.25) is 0 Å². The van der Waals surface area contributed by atoms with Gasteiger partial charge in [-0.05, 0) is 143 Å². The van der Waals surface area contributed by atoms with Gasteiger partial charge in [-0.1, -0.05) is 95.7 Å². The molecule has 0 atom stereocenters. The minimum atomic E-state index is 0.833. The molecule has 5 nitrogen and oxygen atoms in total. The van der Waals surface area contributed by atoms with Gasteiger partial charge < -0.3 is 26.1 Å². The summed E-state index contributed by atoms with van der Waals surface area (Å²) in [5, 5.41) is 1.36. The van der Waals surface area contributed by atoms with Crippen molar-refractivity contribution in [2.24, 2.45) is 5.73 Å². The van der Waals surface area contributed by atoms with Crippen LogP contribution in [-0.4, -0.2) is 48.1 Å². The number of nitrogens with two attached hydrogens (primary N) is 2. The maximum atomic E-state index is 5.85. The van der Waals surface area contributed by atoms with Crippen molar-refractivity contribution in [2.75, 3.05) is 48.6 Å². The summed E-state index contributed by atoms with van der Waals surface area (Å²) in [5.41, 5.74) is 21.8. The number of H-pyrrole nitrogens is 1. The van der Waals surface area contributed by atoms with E-state index in [0.29, 0.717) is 0 Å². The smallest absolute Gasteiger partial charge is 0.0460 e. The van der Waals surface area contributed by atoms with E-state index in [-0.39, 0.29) is 0 Å². The lowest BCUT2D eigenvalue weighted by atomic mass is 9.98. The maximum Gasteiger partial charge on any atom is 0.0460 e. The van der Waals surface area contributed by atoms with Crippen molar-refractivity contribution in [3.63, 3.8) is 0 Å². The molecule has 53 heavy (non-hydrogen) atoms. The summed E-state index contributed by atoms with van der Waals surface area (Å²) >= 11 is 5.88. The quantitative estimate of drug-likeness (QED) is 0.0350. The number of aromatic nitrogens is 1. The lowest BCUT2D eigenvalue weighted by Gasteiger charge is -2.30. The van der Waals surface area contributed by atoms with Crippen molar-refractivity contribution in [3.05, 3.63) is 102 Å². The molecule has 0 radical (unpaired) electrons. The molecule has 3 aromatic rings. The average molecular weight is 764 g/mol. The van der Waals surface area contributed by atoms with Gasteiger partial charge in [0.15, 0.2) is 0 Å². The van der Waals surface area contributed by atoms with Gasteiger partial charge in [0, 0.05) is 46.7 Å². The van der Waals surface area contributed by atoms with Gasteiger partial charge in [0.1, 0.15) is 0 Å². The van der Waals surface area contributed by atoms with Crippen molar-refractivity contribution in [1.82, 2.24) is 9.88 Å². The van der Waals surface area contributed by atoms with Crippen molar-refractivity contribution >= 4 is 52.4 Å². The van der Waals surface area contributed by atoms with Gasteiger partial charge in [0.2, 0.25) is 0 Å². The molecule has 0 amide bonds. The molecule has 6 N–H and O–H groups in total. The second kappa shape index (κ2) is 32.6. The number of nitrogens with zero attached hydrogens (tertiary/aromatic N) is 1. The van der Waals surface area contributed by atoms with E-state index < -0.39 is 0 Å². The standard InChI is InChI=1S/C19H29N3S.C17H21N.C5H12S.C2H6.C2H4.CH5N/c1-3-4-5-13-23-21-16-7-8-19-17(14-16)15(2)18(20-19)9-12-22-10-6-11-22;1-13(8-10-15-6-4-3-5-7-15)17-12-16(18)11-9-14(17)2;1-2-3-4-5-6;3*1-2/h7-8,14,20-21H,3-6,9-13H2,1-2H3;4,6-9,11-12H,3,5,10,18H2,1-2H3;6H,2-5H2,1H3;1-2H3;1-2H2;2H2,1H3/b;13-8+;;;;. The Balaban J connectivity index is 0.000000802. The van der Waals surface area contributed by atoms with Crippen LogP contribution in [-0.2, 0) is 6.42 Å². The monoisotopic (exact) mass is 764 g/mol. The van der Waals surface area contributed by atoms with Crippen LogP contribution < -0.4 is 16.2 Å². The van der Waals surface area contributed by atoms with Gasteiger partial charge >= 0.3 is 0 Å². The van der Waals surface area contributed by atoms with Crippen molar-refractivity contribution < 1.29 is 0 Å². The Morgan fingerprint density at radius 3 is 2.26 bits per heavy atom. The third-order valence-electron chi connectivity index (χ3n) is 8.99. The molecule has 298 valence electrons. The molecule has 0 spiro atoms. The first-order valence-electron chi connectivity index (χ1n) is 20.1. The normalized spacial score (nSPS) is 13.2. The molecule has 1 aliphatic heterocycles. The number of likely N-dealkylation sites (tertiary alicyclic amines) is 1. The zero-order valence-corrected chi connectivity index (χ0v) is 36.7. The molecule has 1 fully saturated rings. The molecule has 1 aromatic heterocycles. The molecular formula is C46H77N5S2. The first-order chi connectivity index (χ1) is 25.9. The number of rotatable bonds is 15. The van der Waals surface area contributed by atoms with Gasteiger partial charge in [-0.25, -0.2) is 0 Å². The van der Waals surface area contributed by atoms with E-state index in [9.17, 15) is 0 Å². The zero-order valence-electron chi connectivity index (χ0n) is 35.0. The van der Waals surface area contributed by atoms with E-state index in [0.717, 1.165) is 24.3 Å². The Morgan fingerprint density at radius 1 is 0.981 bits per heavy atom. The number of benzene rings is 2. The van der Waals surface area contributed by atoms with E-state index in [4.69, 9.17) is 5.73 Å². The number of nitrogens with one attached hydrogen (secondary N) is 2. The van der Waals surface area contributed by atoms with Gasteiger partial charge in [-0.15, -0.1) is 13.2 Å². The highest BCUT2D eigenvalue weighted by molar-refractivity contribution is 8.00. The van der Waals surface area contributed by atoms with E-state index in [1.54, 1.807) is 0 Å². The van der Waals surface area contributed by atoms with Crippen LogP contribution in [0.5, 0.6) is 0 Å². The molecule has 1 saturated heterocycles. The van der Waals surface area contributed by atoms with Gasteiger partial charge in [0.25, 0.3) is 0 Å². The van der Waals surface area contributed by atoms with Gasteiger partial charge in [-0.2, -0.15) is 12.6 Å². The second-order valence-electron chi connectivity index (χ2n) is 12.9. The van der Waals surface area contributed by atoms with E-state index >= 15 is 0 Å². The fourth-order valence-electron chi connectivity index (χ4n) is 5.76. The van der Waals surface area contributed by atoms with Gasteiger partial charge in [0.05, 0.1) is 0 Å². The van der Waals surface area contributed by atoms with Crippen LogP contribution in [0.4, 0.5) is 11.4 Å². The van der Waals surface area contributed by atoms with Crippen LogP contribution >= 0.6 is 24.6 Å². The van der Waals surface area contributed by atoms with Crippen LogP contribution in [0.3, 0.4) is 0 Å². The van der Waals surface area contributed by atoms with Gasteiger partial charge in [-0.3, -0.25) is 0 Å². The minimum Gasteiger partial charge on any atom is -0.399 e. The number of thiol groups is 1. The zero-order chi connectivity index (χ0) is 39.9. The molecule has 0 saturated carbocycles. The molecular weight excluding hydrogens is 687 g/mol. The summed E-state index contributed by atoms with van der Waals surface area (Å²) in [6.45, 7) is 24.7. The number of fused-ring (bicyclic) bond motifs is 1. The SMILES string of the molecule is C/C(=C\CC1=CCCC=C1)c1cc(N)ccc1C.C=C.CC.CCCCCS.CCCCCSNc1ccc2[nH]c(CCN3CCC3)c(C)c2c1.CN. The number of hydrogen-bond acceptors (Lipinski definition) is 6. The Bertz CT molecular complexity index is 1450. The maximum absolute atomic E-state index is 5.85. The Morgan fingerprint density at radius 2 is 1.68 bits per heavy atom. The number of unbranched alkanes of at least 4 members (excludes halogenated alkanes) is 4. The molecule has 2 aromatic carbocycles. The number of aromatic amines is 1. The third kappa shape index (κ3) is 20.4. The summed E-state index contributed by atoms with van der Waals surface area (Å²) < 4.78 is 3.50. The van der Waals surface area contributed by atoms with Crippen LogP contribution in [0.25, 0.3) is 16.5 Å². The number of aryl methyl sites for hydroxylation is 2. The molecule has 2 aliphatic rings. The first-order valence-corrected chi connectivity index (χ1v) is 21.8. The van der Waals surface area contributed by atoms with Crippen molar-refractivity contribution in [2.45, 2.75) is 119 Å². The lowest BCUT2D eigenvalue weighted by molar-refractivity contribution is 0.183. The fourth-order valence-corrected chi connectivity index (χ4v) is 6.72. The van der Waals surface area contributed by atoms with Crippen LogP contribution in [0.15, 0.2) is 79.4 Å². The molecule has 7 heteroatoms. The lowest BCUT2D eigenvalue weighted by Crippen LogP contribution is -2.38. The molecule has 5 rings (SSSR count). The highest BCUT2D eigenvalue weighted by Gasteiger charge is 2.15. The number of anilines is 2. The predicted octanol–water partition coefficient (Wildman–Crippen LogP) is 13.1. The average Bonchev–Trinajstić information content (AvgIpc) is 3.50.